The van der Waals surface area contributed by atoms with Crippen LogP contribution in [0.15, 0.2) is 6.20 Å². The van der Waals surface area contributed by atoms with Crippen LogP contribution >= 0.6 is 0 Å². The first kappa shape index (κ1) is 17.3. The van der Waals surface area contributed by atoms with Gasteiger partial charge in [-0.25, -0.2) is 9.59 Å². The van der Waals surface area contributed by atoms with Crippen molar-refractivity contribution >= 4 is 11.9 Å². The smallest absolute Gasteiger partial charge is 0.355 e. The minimum atomic E-state index is -0.447. The maximum Gasteiger partial charge on any atom is 0.355 e. The van der Waals surface area contributed by atoms with E-state index < -0.39 is 11.9 Å². The highest BCUT2D eigenvalue weighted by molar-refractivity contribution is 5.97. The van der Waals surface area contributed by atoms with Gasteiger partial charge in [-0.1, -0.05) is 27.7 Å². The summed E-state index contributed by atoms with van der Waals surface area (Å²) in [6.45, 7) is 11.9. The maximum atomic E-state index is 12.2. The zero-order valence-electron chi connectivity index (χ0n) is 13.7. The number of esters is 2. The van der Waals surface area contributed by atoms with Gasteiger partial charge in [0.2, 0.25) is 0 Å². The summed E-state index contributed by atoms with van der Waals surface area (Å²) >= 11 is 0. The molecule has 0 aromatic carbocycles. The normalized spacial score (nSPS) is 12.9. The Morgan fingerprint density at radius 2 is 1.90 bits per heavy atom. The SMILES string of the molecule is CCCOC(=O)c1[nH]cc(C(=O)O[C@@H](C)C(C)(C)C)c1C. The molecule has 1 atom stereocenters. The van der Waals surface area contributed by atoms with Gasteiger partial charge in [0.1, 0.15) is 11.8 Å². The van der Waals surface area contributed by atoms with Gasteiger partial charge in [0.15, 0.2) is 0 Å². The molecule has 5 heteroatoms. The summed E-state index contributed by atoms with van der Waals surface area (Å²) in [5.74, 6) is -0.877. The summed E-state index contributed by atoms with van der Waals surface area (Å²) < 4.78 is 10.5. The first-order valence-corrected chi connectivity index (χ1v) is 7.24. The molecule has 1 aromatic rings. The predicted molar refractivity (Wildman–Crippen MR) is 80.4 cm³/mol. The van der Waals surface area contributed by atoms with Crippen LogP contribution in [0.5, 0.6) is 0 Å². The average Bonchev–Trinajstić information content (AvgIpc) is 2.76. The Morgan fingerprint density at radius 3 is 2.43 bits per heavy atom. The van der Waals surface area contributed by atoms with E-state index in [9.17, 15) is 9.59 Å². The van der Waals surface area contributed by atoms with E-state index in [0.29, 0.717) is 23.4 Å². The highest BCUT2D eigenvalue weighted by Gasteiger charge is 2.27. The predicted octanol–water partition coefficient (Wildman–Crippen LogP) is 3.48. The molecule has 0 amide bonds. The van der Waals surface area contributed by atoms with E-state index in [1.807, 2.05) is 34.6 Å². The van der Waals surface area contributed by atoms with Gasteiger partial charge in [-0.3, -0.25) is 0 Å². The molecule has 0 aliphatic heterocycles. The molecule has 5 nitrogen and oxygen atoms in total. The van der Waals surface area contributed by atoms with Gasteiger partial charge in [0, 0.05) is 6.20 Å². The first-order chi connectivity index (χ1) is 9.68. The molecule has 0 aliphatic rings. The maximum absolute atomic E-state index is 12.2. The molecule has 0 unspecified atom stereocenters. The Kier molecular flexibility index (Phi) is 5.58. The Labute approximate surface area is 126 Å². The molecule has 0 aliphatic carbocycles. The second-order valence-electron chi connectivity index (χ2n) is 6.25. The van der Waals surface area contributed by atoms with Gasteiger partial charge in [0.05, 0.1) is 12.2 Å². The van der Waals surface area contributed by atoms with Crippen LogP contribution in [0.3, 0.4) is 0 Å². The number of aromatic nitrogens is 1. The third-order valence-corrected chi connectivity index (χ3v) is 3.50. The van der Waals surface area contributed by atoms with E-state index in [1.54, 1.807) is 6.92 Å². The van der Waals surface area contributed by atoms with Crippen molar-refractivity contribution in [3.05, 3.63) is 23.0 Å². The van der Waals surface area contributed by atoms with Gasteiger partial charge in [-0.2, -0.15) is 0 Å². The summed E-state index contributed by atoms with van der Waals surface area (Å²) in [5.41, 5.74) is 1.10. The monoisotopic (exact) mass is 295 g/mol. The fourth-order valence-corrected chi connectivity index (χ4v) is 1.59. The zero-order chi connectivity index (χ0) is 16.2. The first-order valence-electron chi connectivity index (χ1n) is 7.24. The van der Waals surface area contributed by atoms with Gasteiger partial charge < -0.3 is 14.5 Å². The van der Waals surface area contributed by atoms with E-state index in [2.05, 4.69) is 4.98 Å². The average molecular weight is 295 g/mol. The highest BCUT2D eigenvalue weighted by atomic mass is 16.5. The Hall–Kier alpha value is -1.78. The molecule has 1 aromatic heterocycles. The molecule has 1 heterocycles. The topological polar surface area (TPSA) is 68.4 Å². The second-order valence-corrected chi connectivity index (χ2v) is 6.25. The molecule has 0 bridgehead atoms. The van der Waals surface area contributed by atoms with Crippen molar-refractivity contribution in [2.45, 2.75) is 54.1 Å². The summed E-state index contributed by atoms with van der Waals surface area (Å²) in [6, 6.07) is 0. The lowest BCUT2D eigenvalue weighted by Crippen LogP contribution is -2.28. The molecule has 0 radical (unpaired) electrons. The number of aromatic amines is 1. The number of H-pyrrole nitrogens is 1. The summed E-state index contributed by atoms with van der Waals surface area (Å²) in [5, 5.41) is 0. The van der Waals surface area contributed by atoms with E-state index in [1.165, 1.54) is 6.20 Å². The number of hydrogen-bond acceptors (Lipinski definition) is 4. The van der Waals surface area contributed by atoms with Crippen LogP contribution in [0.25, 0.3) is 0 Å². The summed E-state index contributed by atoms with van der Waals surface area (Å²) in [7, 11) is 0. The number of carbonyl (C=O) groups excluding carboxylic acids is 2. The summed E-state index contributed by atoms with van der Waals surface area (Å²) in [6.07, 6.45) is 2.02. The van der Waals surface area contributed by atoms with Crippen molar-refractivity contribution in [2.75, 3.05) is 6.61 Å². The molecule has 0 spiro atoms. The van der Waals surface area contributed by atoms with Crippen LogP contribution in [0.4, 0.5) is 0 Å². The molecule has 0 saturated carbocycles. The van der Waals surface area contributed by atoms with Gasteiger partial charge in [0.25, 0.3) is 0 Å². The van der Waals surface area contributed by atoms with Gasteiger partial charge in [-0.15, -0.1) is 0 Å². The van der Waals surface area contributed by atoms with Crippen LogP contribution in [0.1, 0.15) is 67.4 Å². The van der Waals surface area contributed by atoms with E-state index in [4.69, 9.17) is 9.47 Å². The van der Waals surface area contributed by atoms with Crippen LogP contribution in [0, 0.1) is 12.3 Å². The number of hydrogen-bond donors (Lipinski definition) is 1. The molecule has 118 valence electrons. The second kappa shape index (κ2) is 6.78. The Balaban J connectivity index is 2.84. The Bertz CT molecular complexity index is 511. The quantitative estimate of drug-likeness (QED) is 0.844. The van der Waals surface area contributed by atoms with Crippen molar-refractivity contribution in [1.29, 1.82) is 0 Å². The fourth-order valence-electron chi connectivity index (χ4n) is 1.59. The number of rotatable bonds is 5. The molecule has 0 fully saturated rings. The van der Waals surface area contributed by atoms with Crippen LogP contribution < -0.4 is 0 Å². The molecular formula is C16H25NO4. The third kappa shape index (κ3) is 4.34. The highest BCUT2D eigenvalue weighted by Crippen LogP contribution is 2.24. The molecule has 1 N–H and O–H groups in total. The Morgan fingerprint density at radius 1 is 1.29 bits per heavy atom. The number of nitrogens with one attached hydrogen (secondary N) is 1. The number of carbonyl (C=O) groups is 2. The fraction of sp³-hybridized carbons (Fsp3) is 0.625. The van der Waals surface area contributed by atoms with E-state index in [0.717, 1.165) is 6.42 Å². The molecular weight excluding hydrogens is 270 g/mol. The third-order valence-electron chi connectivity index (χ3n) is 3.50. The van der Waals surface area contributed by atoms with Crippen molar-refractivity contribution < 1.29 is 19.1 Å². The minimum Gasteiger partial charge on any atom is -0.461 e. The lowest BCUT2D eigenvalue weighted by Gasteiger charge is -2.26. The zero-order valence-corrected chi connectivity index (χ0v) is 13.7. The lowest BCUT2D eigenvalue weighted by atomic mass is 9.90. The summed E-state index contributed by atoms with van der Waals surface area (Å²) in [4.78, 5) is 26.8. The molecule has 21 heavy (non-hydrogen) atoms. The van der Waals surface area contributed by atoms with Crippen molar-refractivity contribution in [2.24, 2.45) is 5.41 Å². The van der Waals surface area contributed by atoms with Crippen LogP contribution in [-0.2, 0) is 9.47 Å². The van der Waals surface area contributed by atoms with Crippen molar-refractivity contribution in [3.8, 4) is 0 Å². The van der Waals surface area contributed by atoms with Crippen LogP contribution in [0.2, 0.25) is 0 Å². The van der Waals surface area contributed by atoms with Crippen LogP contribution in [-0.4, -0.2) is 29.6 Å². The van der Waals surface area contributed by atoms with E-state index >= 15 is 0 Å². The van der Waals surface area contributed by atoms with Crippen molar-refractivity contribution in [3.63, 3.8) is 0 Å². The molecule has 1 rings (SSSR count). The molecule has 0 saturated heterocycles. The minimum absolute atomic E-state index is 0.136. The standard InChI is InChI=1S/C16H25NO4/c1-7-8-20-15(19)13-10(2)12(9-17-13)14(18)21-11(3)16(4,5)6/h9,11,17H,7-8H2,1-6H3/t11-/m0/s1. The van der Waals surface area contributed by atoms with Gasteiger partial charge >= 0.3 is 11.9 Å². The van der Waals surface area contributed by atoms with Gasteiger partial charge in [-0.05, 0) is 31.2 Å². The van der Waals surface area contributed by atoms with Crippen molar-refractivity contribution in [1.82, 2.24) is 4.98 Å². The van der Waals surface area contributed by atoms with E-state index in [-0.39, 0.29) is 11.5 Å². The largest absolute Gasteiger partial charge is 0.461 e. The lowest BCUT2D eigenvalue weighted by molar-refractivity contribution is 0.00475. The number of ether oxygens (including phenoxy) is 2.